The van der Waals surface area contributed by atoms with Crippen molar-refractivity contribution in [2.45, 2.75) is 33.0 Å². The van der Waals surface area contributed by atoms with Gasteiger partial charge in [-0.05, 0) is 43.2 Å². The van der Waals surface area contributed by atoms with E-state index in [1.54, 1.807) is 25.3 Å². The van der Waals surface area contributed by atoms with Crippen molar-refractivity contribution < 1.29 is 13.9 Å². The normalized spacial score (nSPS) is 12.0. The van der Waals surface area contributed by atoms with Crippen molar-refractivity contribution in [3.8, 4) is 5.75 Å². The van der Waals surface area contributed by atoms with Crippen molar-refractivity contribution >= 4 is 5.91 Å². The van der Waals surface area contributed by atoms with Gasteiger partial charge in [0.2, 0.25) is 0 Å². The number of rotatable bonds is 6. The average Bonchev–Trinajstić information content (AvgIpc) is 3.00. The number of hydrogen-bond acceptors (Lipinski definition) is 4. The van der Waals surface area contributed by atoms with Crippen molar-refractivity contribution in [2.24, 2.45) is 5.73 Å². The number of hydrogen-bond donors (Lipinski definition) is 2. The lowest BCUT2D eigenvalue weighted by Crippen LogP contribution is -2.36. The molecule has 0 aliphatic rings. The molecule has 112 valence electrons. The van der Waals surface area contributed by atoms with Crippen LogP contribution in [0.25, 0.3) is 0 Å². The van der Waals surface area contributed by atoms with Crippen LogP contribution < -0.4 is 15.8 Å². The van der Waals surface area contributed by atoms with Crippen molar-refractivity contribution in [3.63, 3.8) is 0 Å². The molecular formula is C16H20N2O3. The Bertz CT molecular complexity index is 594. The third-order valence-electron chi connectivity index (χ3n) is 3.18. The molecular weight excluding hydrogens is 268 g/mol. The van der Waals surface area contributed by atoms with Crippen molar-refractivity contribution in [3.05, 3.63) is 53.5 Å². The van der Waals surface area contributed by atoms with Crippen LogP contribution in [0.5, 0.6) is 5.75 Å². The maximum absolute atomic E-state index is 12.0. The maximum atomic E-state index is 12.0. The number of aryl methyl sites for hydroxylation is 1. The number of amides is 1. The second-order valence-corrected chi connectivity index (χ2v) is 4.86. The highest BCUT2D eigenvalue weighted by atomic mass is 16.5. The van der Waals surface area contributed by atoms with Gasteiger partial charge in [-0.1, -0.05) is 12.1 Å². The molecule has 0 radical (unpaired) electrons. The summed E-state index contributed by atoms with van der Waals surface area (Å²) in [7, 11) is 0. The Morgan fingerprint density at radius 1 is 1.43 bits per heavy atom. The van der Waals surface area contributed by atoms with E-state index in [1.165, 1.54) is 0 Å². The highest BCUT2D eigenvalue weighted by Crippen LogP contribution is 2.20. The van der Waals surface area contributed by atoms with Crippen LogP contribution in [-0.4, -0.2) is 12.0 Å². The highest BCUT2D eigenvalue weighted by molar-refractivity contribution is 5.80. The van der Waals surface area contributed by atoms with Crippen LogP contribution in [-0.2, 0) is 17.9 Å². The molecule has 5 nitrogen and oxygen atoms in total. The summed E-state index contributed by atoms with van der Waals surface area (Å²) in [5, 5.41) is 2.77. The molecule has 1 heterocycles. The second-order valence-electron chi connectivity index (χ2n) is 4.86. The van der Waals surface area contributed by atoms with Gasteiger partial charge in [0.05, 0.1) is 12.8 Å². The molecule has 3 N–H and O–H groups in total. The molecule has 21 heavy (non-hydrogen) atoms. The van der Waals surface area contributed by atoms with E-state index in [9.17, 15) is 4.79 Å². The fourth-order valence-electron chi connectivity index (χ4n) is 1.87. The number of carbonyl (C=O) groups is 1. The first kappa shape index (κ1) is 15.1. The van der Waals surface area contributed by atoms with E-state index >= 15 is 0 Å². The summed E-state index contributed by atoms with van der Waals surface area (Å²) in [6, 6.07) is 9.34. The minimum atomic E-state index is -0.591. The number of benzene rings is 1. The van der Waals surface area contributed by atoms with E-state index < -0.39 is 6.10 Å². The lowest BCUT2D eigenvalue weighted by Gasteiger charge is -2.16. The van der Waals surface area contributed by atoms with Crippen molar-refractivity contribution in [2.75, 3.05) is 0 Å². The molecule has 0 saturated carbocycles. The summed E-state index contributed by atoms with van der Waals surface area (Å²) >= 11 is 0. The Kier molecular flexibility index (Phi) is 5.00. The highest BCUT2D eigenvalue weighted by Gasteiger charge is 2.16. The van der Waals surface area contributed by atoms with Crippen LogP contribution in [0.15, 0.2) is 41.0 Å². The molecule has 0 aliphatic carbocycles. The third kappa shape index (κ3) is 4.10. The molecule has 5 heteroatoms. The number of furan rings is 1. The Labute approximate surface area is 124 Å². The van der Waals surface area contributed by atoms with Crippen molar-refractivity contribution in [1.82, 2.24) is 5.32 Å². The minimum absolute atomic E-state index is 0.191. The van der Waals surface area contributed by atoms with Gasteiger partial charge in [0.1, 0.15) is 11.5 Å². The van der Waals surface area contributed by atoms with Crippen LogP contribution in [0.3, 0.4) is 0 Å². The van der Waals surface area contributed by atoms with Crippen LogP contribution in [0.1, 0.15) is 23.8 Å². The lowest BCUT2D eigenvalue weighted by molar-refractivity contribution is -0.127. The van der Waals surface area contributed by atoms with E-state index in [1.807, 2.05) is 25.1 Å². The zero-order valence-corrected chi connectivity index (χ0v) is 12.3. The van der Waals surface area contributed by atoms with Crippen LogP contribution in [0.4, 0.5) is 0 Å². The van der Waals surface area contributed by atoms with E-state index in [4.69, 9.17) is 14.9 Å². The van der Waals surface area contributed by atoms with E-state index in [0.717, 1.165) is 11.1 Å². The Morgan fingerprint density at radius 3 is 2.90 bits per heavy atom. The fourth-order valence-corrected chi connectivity index (χ4v) is 1.87. The maximum Gasteiger partial charge on any atom is 0.261 e. The van der Waals surface area contributed by atoms with Gasteiger partial charge in [-0.2, -0.15) is 0 Å². The molecule has 1 amide bonds. The van der Waals surface area contributed by atoms with E-state index in [0.29, 0.717) is 24.6 Å². The second kappa shape index (κ2) is 6.95. The summed E-state index contributed by atoms with van der Waals surface area (Å²) in [4.78, 5) is 12.0. The third-order valence-corrected chi connectivity index (χ3v) is 3.18. The molecule has 1 unspecified atom stereocenters. The van der Waals surface area contributed by atoms with Crippen LogP contribution in [0, 0.1) is 6.92 Å². The van der Waals surface area contributed by atoms with Gasteiger partial charge in [-0.15, -0.1) is 0 Å². The molecule has 0 spiro atoms. The minimum Gasteiger partial charge on any atom is -0.481 e. The quantitative estimate of drug-likeness (QED) is 0.853. The molecule has 1 atom stereocenters. The van der Waals surface area contributed by atoms with Gasteiger partial charge in [0.25, 0.3) is 5.91 Å². The molecule has 2 rings (SSSR count). The molecule has 1 aromatic heterocycles. The SMILES string of the molecule is Cc1ccc(CN)cc1OC(C)C(=O)NCc1ccco1. The topological polar surface area (TPSA) is 77.5 Å². The Morgan fingerprint density at radius 2 is 2.24 bits per heavy atom. The van der Waals surface area contributed by atoms with Gasteiger partial charge in [-0.3, -0.25) is 4.79 Å². The van der Waals surface area contributed by atoms with Crippen LogP contribution in [0.2, 0.25) is 0 Å². The molecule has 2 aromatic rings. The first-order chi connectivity index (χ1) is 10.1. The number of ether oxygens (including phenoxy) is 1. The van der Waals surface area contributed by atoms with E-state index in [2.05, 4.69) is 5.32 Å². The molecule has 0 bridgehead atoms. The average molecular weight is 288 g/mol. The number of nitrogens with one attached hydrogen (secondary N) is 1. The Balaban J connectivity index is 1.93. The zero-order chi connectivity index (χ0) is 15.2. The van der Waals surface area contributed by atoms with Gasteiger partial charge < -0.3 is 20.2 Å². The van der Waals surface area contributed by atoms with Crippen LogP contribution >= 0.6 is 0 Å². The summed E-state index contributed by atoms with van der Waals surface area (Å²) < 4.78 is 10.9. The summed E-state index contributed by atoms with van der Waals surface area (Å²) in [6.07, 6.45) is 0.981. The molecule has 0 aliphatic heterocycles. The largest absolute Gasteiger partial charge is 0.481 e. The van der Waals surface area contributed by atoms with Crippen molar-refractivity contribution in [1.29, 1.82) is 0 Å². The Hall–Kier alpha value is -2.27. The summed E-state index contributed by atoms with van der Waals surface area (Å²) in [6.45, 7) is 4.44. The number of nitrogens with two attached hydrogens (primary N) is 1. The molecule has 0 fully saturated rings. The molecule has 1 aromatic carbocycles. The first-order valence-corrected chi connectivity index (χ1v) is 6.86. The zero-order valence-electron chi connectivity index (χ0n) is 12.3. The van der Waals surface area contributed by atoms with E-state index in [-0.39, 0.29) is 5.91 Å². The van der Waals surface area contributed by atoms with Gasteiger partial charge >= 0.3 is 0 Å². The summed E-state index contributed by atoms with van der Waals surface area (Å²) in [5.41, 5.74) is 7.56. The smallest absolute Gasteiger partial charge is 0.261 e. The van der Waals surface area contributed by atoms with Gasteiger partial charge in [0, 0.05) is 6.54 Å². The molecule has 0 saturated heterocycles. The van der Waals surface area contributed by atoms with Gasteiger partial charge in [-0.25, -0.2) is 0 Å². The fraction of sp³-hybridized carbons (Fsp3) is 0.312. The lowest BCUT2D eigenvalue weighted by atomic mass is 10.1. The van der Waals surface area contributed by atoms with Gasteiger partial charge in [0.15, 0.2) is 6.10 Å². The standard InChI is InChI=1S/C16H20N2O3/c1-11-5-6-13(9-17)8-15(11)21-12(2)16(19)18-10-14-4-3-7-20-14/h3-8,12H,9-10,17H2,1-2H3,(H,18,19). The monoisotopic (exact) mass is 288 g/mol. The first-order valence-electron chi connectivity index (χ1n) is 6.86. The summed E-state index contributed by atoms with van der Waals surface area (Å²) in [5.74, 6) is 1.19. The predicted octanol–water partition coefficient (Wildman–Crippen LogP) is 2.13. The predicted molar refractivity (Wildman–Crippen MR) is 79.7 cm³/mol. The number of carbonyl (C=O) groups excluding carboxylic acids is 1.